The van der Waals surface area contributed by atoms with Crippen LogP contribution in [0.1, 0.15) is 62.1 Å². The van der Waals surface area contributed by atoms with Crippen molar-refractivity contribution >= 4 is 5.97 Å². The SMILES string of the molecule is COc1cc(-c2cc(F)c(COc3cccc(CCC(=O)O)c3)cc2C2CCCC2(C)C)c(F)cn1. The summed E-state index contributed by atoms with van der Waals surface area (Å²) in [5.74, 6) is -0.956. The van der Waals surface area contributed by atoms with Crippen molar-refractivity contribution < 1.29 is 28.2 Å². The standard InChI is InChI=1S/C29H31F2NO4/c1-29(2)11-5-8-24(29)22-13-19(17-36-20-7-4-6-18(12-20)9-10-28(33)34)25(30)14-21(22)23-15-27(35-3)32-16-26(23)31/h4,6-7,12-16,24H,5,8-11,17H2,1-3H3,(H,33,34). The first-order valence-corrected chi connectivity index (χ1v) is 12.1. The maximum absolute atomic E-state index is 15.4. The number of aryl methyl sites for hydroxylation is 1. The molecule has 0 bridgehead atoms. The van der Waals surface area contributed by atoms with Crippen LogP contribution in [-0.2, 0) is 17.8 Å². The highest BCUT2D eigenvalue weighted by Crippen LogP contribution is 2.51. The average Bonchev–Trinajstić information content (AvgIpc) is 3.21. The molecule has 1 fully saturated rings. The van der Waals surface area contributed by atoms with Crippen molar-refractivity contribution in [2.45, 2.75) is 58.5 Å². The molecule has 0 amide bonds. The van der Waals surface area contributed by atoms with E-state index in [9.17, 15) is 9.18 Å². The van der Waals surface area contributed by atoms with Crippen LogP contribution in [0.3, 0.4) is 0 Å². The Morgan fingerprint density at radius 3 is 2.64 bits per heavy atom. The van der Waals surface area contributed by atoms with Crippen LogP contribution in [0.2, 0.25) is 0 Å². The predicted octanol–water partition coefficient (Wildman–Crippen LogP) is 6.93. The Kier molecular flexibility index (Phi) is 7.57. The van der Waals surface area contributed by atoms with Gasteiger partial charge in [-0.3, -0.25) is 4.79 Å². The van der Waals surface area contributed by atoms with Gasteiger partial charge >= 0.3 is 5.97 Å². The molecule has 5 nitrogen and oxygen atoms in total. The maximum atomic E-state index is 15.4. The third-order valence-electron chi connectivity index (χ3n) is 7.10. The number of methoxy groups -OCH3 is 1. The number of carboxylic acids is 1. The lowest BCUT2D eigenvalue weighted by Gasteiger charge is -2.30. The van der Waals surface area contributed by atoms with E-state index in [0.29, 0.717) is 23.3 Å². The average molecular weight is 496 g/mol. The molecule has 0 saturated heterocycles. The lowest BCUT2D eigenvalue weighted by Crippen LogP contribution is -2.17. The van der Waals surface area contributed by atoms with E-state index in [2.05, 4.69) is 18.8 Å². The summed E-state index contributed by atoms with van der Waals surface area (Å²) in [5, 5.41) is 8.92. The second kappa shape index (κ2) is 10.6. The summed E-state index contributed by atoms with van der Waals surface area (Å²) < 4.78 is 41.4. The molecular formula is C29H31F2NO4. The second-order valence-corrected chi connectivity index (χ2v) is 10.0. The molecular weight excluding hydrogens is 464 g/mol. The number of carboxylic acid groups (broad SMARTS) is 1. The van der Waals surface area contributed by atoms with E-state index in [1.807, 2.05) is 12.1 Å². The molecule has 1 saturated carbocycles. The van der Waals surface area contributed by atoms with Crippen LogP contribution in [0.15, 0.2) is 48.7 Å². The highest BCUT2D eigenvalue weighted by atomic mass is 19.1. The fourth-order valence-corrected chi connectivity index (χ4v) is 5.11. The molecule has 1 atom stereocenters. The van der Waals surface area contributed by atoms with Crippen molar-refractivity contribution in [2.24, 2.45) is 5.41 Å². The van der Waals surface area contributed by atoms with Crippen LogP contribution in [0.4, 0.5) is 8.78 Å². The summed E-state index contributed by atoms with van der Waals surface area (Å²) in [6.07, 6.45) is 4.52. The Balaban J connectivity index is 1.69. The number of nitrogens with zero attached hydrogens (tertiary/aromatic N) is 1. The van der Waals surface area contributed by atoms with E-state index in [1.54, 1.807) is 18.2 Å². The smallest absolute Gasteiger partial charge is 0.303 e. The Bertz CT molecular complexity index is 1260. The van der Waals surface area contributed by atoms with Gasteiger partial charge in [-0.15, -0.1) is 0 Å². The number of benzene rings is 2. The van der Waals surface area contributed by atoms with E-state index in [0.717, 1.165) is 36.6 Å². The normalized spacial score (nSPS) is 16.6. The maximum Gasteiger partial charge on any atom is 0.303 e. The van der Waals surface area contributed by atoms with E-state index < -0.39 is 17.6 Å². The number of hydrogen-bond acceptors (Lipinski definition) is 4. The zero-order chi connectivity index (χ0) is 25.9. The molecule has 7 heteroatoms. The number of carbonyl (C=O) groups is 1. The van der Waals surface area contributed by atoms with Crippen molar-refractivity contribution in [2.75, 3.05) is 7.11 Å². The van der Waals surface area contributed by atoms with Crippen LogP contribution in [0, 0.1) is 17.0 Å². The topological polar surface area (TPSA) is 68.7 Å². The Morgan fingerprint density at radius 1 is 1.14 bits per heavy atom. The number of pyridine rings is 1. The number of ether oxygens (including phenoxy) is 2. The van der Waals surface area contributed by atoms with Crippen LogP contribution in [0.5, 0.6) is 11.6 Å². The van der Waals surface area contributed by atoms with Gasteiger partial charge in [-0.05, 0) is 71.6 Å². The minimum Gasteiger partial charge on any atom is -0.489 e. The summed E-state index contributed by atoms with van der Waals surface area (Å²) in [7, 11) is 1.46. The van der Waals surface area contributed by atoms with Crippen LogP contribution >= 0.6 is 0 Å². The van der Waals surface area contributed by atoms with Gasteiger partial charge in [0.25, 0.3) is 0 Å². The van der Waals surface area contributed by atoms with Gasteiger partial charge in [0.1, 0.15) is 24.0 Å². The van der Waals surface area contributed by atoms with Crippen LogP contribution in [0.25, 0.3) is 11.1 Å². The first-order chi connectivity index (χ1) is 17.2. The van der Waals surface area contributed by atoms with Crippen molar-refractivity contribution in [3.8, 4) is 22.8 Å². The molecule has 3 aromatic rings. The second-order valence-electron chi connectivity index (χ2n) is 10.0. The van der Waals surface area contributed by atoms with Gasteiger partial charge < -0.3 is 14.6 Å². The fourth-order valence-electron chi connectivity index (χ4n) is 5.11. The van der Waals surface area contributed by atoms with Gasteiger partial charge in [-0.1, -0.05) is 32.4 Å². The largest absolute Gasteiger partial charge is 0.489 e. The predicted molar refractivity (Wildman–Crippen MR) is 133 cm³/mol. The highest BCUT2D eigenvalue weighted by molar-refractivity contribution is 5.70. The molecule has 4 rings (SSSR count). The Hall–Kier alpha value is -3.48. The molecule has 0 aliphatic heterocycles. The van der Waals surface area contributed by atoms with Crippen molar-refractivity contribution in [3.05, 3.63) is 77.0 Å². The van der Waals surface area contributed by atoms with Crippen LogP contribution in [-0.4, -0.2) is 23.2 Å². The summed E-state index contributed by atoms with van der Waals surface area (Å²) in [6, 6.07) is 11.9. The monoisotopic (exact) mass is 495 g/mol. The van der Waals surface area contributed by atoms with Crippen molar-refractivity contribution in [1.82, 2.24) is 4.98 Å². The lowest BCUT2D eigenvalue weighted by molar-refractivity contribution is -0.136. The zero-order valence-electron chi connectivity index (χ0n) is 20.8. The van der Waals surface area contributed by atoms with Gasteiger partial charge in [-0.25, -0.2) is 13.8 Å². The molecule has 1 unspecified atom stereocenters. The number of halogens is 2. The van der Waals surface area contributed by atoms with Gasteiger partial charge in [0.15, 0.2) is 0 Å². The minimum absolute atomic E-state index is 0.00318. The van der Waals surface area contributed by atoms with Gasteiger partial charge in [0, 0.05) is 23.6 Å². The van der Waals surface area contributed by atoms with Gasteiger partial charge in [0.05, 0.1) is 13.3 Å². The molecule has 1 aromatic heterocycles. The molecule has 36 heavy (non-hydrogen) atoms. The molecule has 1 heterocycles. The molecule has 1 aliphatic carbocycles. The van der Waals surface area contributed by atoms with E-state index in [1.165, 1.54) is 19.2 Å². The van der Waals surface area contributed by atoms with Gasteiger partial charge in [-0.2, -0.15) is 0 Å². The third kappa shape index (κ3) is 5.66. The van der Waals surface area contributed by atoms with Crippen molar-refractivity contribution in [1.29, 1.82) is 0 Å². The third-order valence-corrected chi connectivity index (χ3v) is 7.10. The Labute approximate surface area is 210 Å². The molecule has 1 aliphatic rings. The van der Waals surface area contributed by atoms with Gasteiger partial charge in [0.2, 0.25) is 5.88 Å². The molecule has 0 spiro atoms. The number of rotatable bonds is 9. The molecule has 2 aromatic carbocycles. The summed E-state index contributed by atoms with van der Waals surface area (Å²) in [4.78, 5) is 14.8. The fraction of sp³-hybridized carbons (Fsp3) is 0.379. The number of hydrogen-bond donors (Lipinski definition) is 1. The van der Waals surface area contributed by atoms with E-state index in [-0.39, 0.29) is 35.8 Å². The summed E-state index contributed by atoms with van der Waals surface area (Å²) in [5.41, 5.74) is 2.86. The number of aromatic nitrogens is 1. The first-order valence-electron chi connectivity index (χ1n) is 12.1. The minimum atomic E-state index is -0.867. The summed E-state index contributed by atoms with van der Waals surface area (Å²) >= 11 is 0. The molecule has 1 N–H and O–H groups in total. The zero-order valence-corrected chi connectivity index (χ0v) is 20.8. The number of aliphatic carboxylic acids is 1. The van der Waals surface area contributed by atoms with Crippen molar-refractivity contribution in [3.63, 3.8) is 0 Å². The Morgan fingerprint density at radius 2 is 1.94 bits per heavy atom. The molecule has 0 radical (unpaired) electrons. The van der Waals surface area contributed by atoms with E-state index in [4.69, 9.17) is 14.6 Å². The highest BCUT2D eigenvalue weighted by Gasteiger charge is 2.37. The first kappa shape index (κ1) is 25.6. The lowest BCUT2D eigenvalue weighted by atomic mass is 9.75. The molecule has 190 valence electrons. The summed E-state index contributed by atoms with van der Waals surface area (Å²) in [6.45, 7) is 4.39. The quantitative estimate of drug-likeness (QED) is 0.349. The van der Waals surface area contributed by atoms with Crippen LogP contribution < -0.4 is 9.47 Å². The van der Waals surface area contributed by atoms with E-state index >= 15 is 4.39 Å².